The summed E-state index contributed by atoms with van der Waals surface area (Å²) < 4.78 is 32.6. The highest BCUT2D eigenvalue weighted by Gasteiger charge is 2.25. The predicted molar refractivity (Wildman–Crippen MR) is 122 cm³/mol. The number of furan rings is 1. The maximum Gasteiger partial charge on any atom is 0.256 e. The lowest BCUT2D eigenvalue weighted by Gasteiger charge is -2.18. The summed E-state index contributed by atoms with van der Waals surface area (Å²) in [4.78, 5) is 12.6. The molecule has 1 N–H and O–H groups in total. The summed E-state index contributed by atoms with van der Waals surface area (Å²) in [5.41, 5.74) is 2.67. The van der Waals surface area contributed by atoms with E-state index in [9.17, 15) is 13.2 Å². The van der Waals surface area contributed by atoms with Gasteiger partial charge in [-0.1, -0.05) is 31.5 Å². The lowest BCUT2D eigenvalue weighted by Crippen LogP contribution is -2.30. The van der Waals surface area contributed by atoms with Crippen molar-refractivity contribution in [3.05, 3.63) is 70.9 Å². The molecule has 0 atom stereocenters. The Morgan fingerprint density at radius 2 is 1.74 bits per heavy atom. The molecule has 0 spiro atoms. The molecule has 1 aromatic heterocycles. The van der Waals surface area contributed by atoms with Crippen molar-refractivity contribution in [3.63, 3.8) is 0 Å². The Hall–Kier alpha value is -2.87. The van der Waals surface area contributed by atoms with Crippen molar-refractivity contribution >= 4 is 44.9 Å². The third-order valence-corrected chi connectivity index (χ3v) is 7.46. The van der Waals surface area contributed by atoms with Gasteiger partial charge in [-0.25, -0.2) is 8.42 Å². The highest BCUT2D eigenvalue weighted by atomic mass is 35.5. The van der Waals surface area contributed by atoms with E-state index in [0.29, 0.717) is 40.9 Å². The maximum atomic E-state index is 12.6. The quantitative estimate of drug-likeness (QED) is 0.522. The van der Waals surface area contributed by atoms with Crippen LogP contribution in [0.3, 0.4) is 0 Å². The van der Waals surface area contributed by atoms with Crippen LogP contribution >= 0.6 is 11.6 Å². The Labute approximate surface area is 186 Å². The number of fused-ring (bicyclic) bond motifs is 1. The van der Waals surface area contributed by atoms with Crippen LogP contribution in [-0.2, 0) is 14.8 Å². The topological polar surface area (TPSA) is 79.6 Å². The van der Waals surface area contributed by atoms with Gasteiger partial charge in [0.15, 0.2) is 0 Å². The zero-order valence-electron chi connectivity index (χ0n) is 17.1. The van der Waals surface area contributed by atoms with Crippen molar-refractivity contribution in [2.45, 2.75) is 18.7 Å². The van der Waals surface area contributed by atoms with Crippen LogP contribution in [0.1, 0.15) is 25.2 Å². The molecule has 1 aliphatic heterocycles. The van der Waals surface area contributed by atoms with E-state index >= 15 is 0 Å². The third kappa shape index (κ3) is 4.04. The smallest absolute Gasteiger partial charge is 0.256 e. The number of hydrogen-bond donors (Lipinski definition) is 1. The fraction of sp³-hybridized carbons (Fsp3) is 0.174. The van der Waals surface area contributed by atoms with Crippen LogP contribution in [-0.4, -0.2) is 31.7 Å². The average Bonchev–Trinajstić information content (AvgIpc) is 3.33. The molecule has 0 fully saturated rings. The Morgan fingerprint density at radius 1 is 1.03 bits per heavy atom. The molecule has 0 bridgehead atoms. The molecule has 8 heteroatoms. The van der Waals surface area contributed by atoms with Gasteiger partial charge in [0.2, 0.25) is 10.0 Å². The summed E-state index contributed by atoms with van der Waals surface area (Å²) >= 11 is 5.99. The second-order valence-corrected chi connectivity index (χ2v) is 9.39. The first kappa shape index (κ1) is 21.4. The zero-order chi connectivity index (χ0) is 22.2. The fourth-order valence-corrected chi connectivity index (χ4v) is 5.17. The number of benzene rings is 2. The minimum absolute atomic E-state index is 0.221. The van der Waals surface area contributed by atoms with Gasteiger partial charge in [0, 0.05) is 29.2 Å². The maximum absolute atomic E-state index is 12.6. The summed E-state index contributed by atoms with van der Waals surface area (Å²) in [5, 5.41) is 3.34. The molecular formula is C23H21ClN2O4S. The van der Waals surface area contributed by atoms with Gasteiger partial charge >= 0.3 is 0 Å². The molecule has 0 saturated carbocycles. The number of nitrogens with zero attached hydrogens (tertiary/aromatic N) is 1. The lowest BCUT2D eigenvalue weighted by atomic mass is 10.1. The van der Waals surface area contributed by atoms with Gasteiger partial charge < -0.3 is 9.73 Å². The minimum Gasteiger partial charge on any atom is -0.457 e. The largest absolute Gasteiger partial charge is 0.457 e. The van der Waals surface area contributed by atoms with Crippen molar-refractivity contribution in [2.75, 3.05) is 18.4 Å². The molecule has 6 nitrogen and oxygen atoms in total. The van der Waals surface area contributed by atoms with Crippen LogP contribution in [0.15, 0.2) is 63.9 Å². The van der Waals surface area contributed by atoms with Crippen molar-refractivity contribution in [1.29, 1.82) is 0 Å². The Morgan fingerprint density at radius 3 is 2.42 bits per heavy atom. The molecule has 1 aliphatic rings. The molecule has 4 rings (SSSR count). The van der Waals surface area contributed by atoms with E-state index in [1.807, 2.05) is 13.8 Å². The van der Waals surface area contributed by atoms with Gasteiger partial charge in [-0.15, -0.1) is 0 Å². The first-order valence-electron chi connectivity index (χ1n) is 9.87. The molecule has 3 aromatic rings. The normalized spacial score (nSPS) is 14.8. The SMILES string of the molecule is CCN(CC)S(=O)(=O)c1ccc(-c2ccc(/C=C3/C(=O)Nc4cc(Cl)ccc43)o2)cc1. The van der Waals surface area contributed by atoms with E-state index in [-0.39, 0.29) is 10.8 Å². The Bertz CT molecular complexity index is 1270. The van der Waals surface area contributed by atoms with Gasteiger partial charge in [-0.05, 0) is 54.6 Å². The third-order valence-electron chi connectivity index (χ3n) is 5.16. The lowest BCUT2D eigenvalue weighted by molar-refractivity contribution is -0.110. The van der Waals surface area contributed by atoms with Gasteiger partial charge in [-0.2, -0.15) is 4.31 Å². The van der Waals surface area contributed by atoms with Gasteiger partial charge in [0.1, 0.15) is 11.5 Å². The molecule has 2 heterocycles. The zero-order valence-corrected chi connectivity index (χ0v) is 18.6. The van der Waals surface area contributed by atoms with Gasteiger partial charge in [0.25, 0.3) is 5.91 Å². The van der Waals surface area contributed by atoms with Crippen molar-refractivity contribution in [2.24, 2.45) is 0 Å². The monoisotopic (exact) mass is 456 g/mol. The molecule has 31 heavy (non-hydrogen) atoms. The second-order valence-electron chi connectivity index (χ2n) is 7.02. The number of halogens is 1. The highest BCUT2D eigenvalue weighted by Crippen LogP contribution is 2.35. The van der Waals surface area contributed by atoms with Gasteiger partial charge in [-0.3, -0.25) is 4.79 Å². The number of carbonyl (C=O) groups is 1. The molecule has 0 aliphatic carbocycles. The minimum atomic E-state index is -3.51. The standard InChI is InChI=1S/C23H21ClN2O4S/c1-3-26(4-2)31(28,29)18-9-5-15(6-10-18)22-12-8-17(30-22)14-20-19-11-7-16(24)13-21(19)25-23(20)27/h5-14H,3-4H2,1-2H3,(H,25,27)/b20-14+. The molecular weight excluding hydrogens is 436 g/mol. The first-order chi connectivity index (χ1) is 14.8. The molecule has 2 aromatic carbocycles. The van der Waals surface area contributed by atoms with Crippen molar-refractivity contribution < 1.29 is 17.6 Å². The Balaban J connectivity index is 1.60. The number of anilines is 1. The number of nitrogens with one attached hydrogen (secondary N) is 1. The summed E-state index contributed by atoms with van der Waals surface area (Å²) in [6, 6.07) is 15.4. The predicted octanol–water partition coefficient (Wildman–Crippen LogP) is 5.12. The van der Waals surface area contributed by atoms with Crippen molar-refractivity contribution in [3.8, 4) is 11.3 Å². The number of rotatable bonds is 6. The van der Waals surface area contributed by atoms with E-state index in [1.165, 1.54) is 4.31 Å². The first-order valence-corrected chi connectivity index (χ1v) is 11.7. The number of sulfonamides is 1. The van der Waals surface area contributed by atoms with Crippen LogP contribution in [0.25, 0.3) is 23.0 Å². The van der Waals surface area contributed by atoms with E-state index in [1.54, 1.807) is 60.7 Å². The van der Waals surface area contributed by atoms with E-state index in [4.69, 9.17) is 16.0 Å². The second kappa shape index (κ2) is 8.34. The van der Waals surface area contributed by atoms with E-state index < -0.39 is 10.0 Å². The summed E-state index contributed by atoms with van der Waals surface area (Å²) in [6.45, 7) is 4.46. The van der Waals surface area contributed by atoms with Gasteiger partial charge in [0.05, 0.1) is 16.2 Å². The van der Waals surface area contributed by atoms with Crippen LogP contribution < -0.4 is 5.32 Å². The number of carbonyl (C=O) groups excluding carboxylic acids is 1. The van der Waals surface area contributed by atoms with Crippen LogP contribution in [0.4, 0.5) is 5.69 Å². The fourth-order valence-electron chi connectivity index (χ4n) is 3.54. The number of amides is 1. The molecule has 0 saturated heterocycles. The van der Waals surface area contributed by atoms with Crippen LogP contribution in [0, 0.1) is 0 Å². The van der Waals surface area contributed by atoms with E-state index in [0.717, 1.165) is 11.1 Å². The number of hydrogen-bond acceptors (Lipinski definition) is 4. The van der Waals surface area contributed by atoms with Crippen LogP contribution in [0.2, 0.25) is 5.02 Å². The molecule has 160 valence electrons. The summed E-state index contributed by atoms with van der Waals surface area (Å²) in [7, 11) is -3.51. The summed E-state index contributed by atoms with van der Waals surface area (Å²) in [6.07, 6.45) is 1.68. The highest BCUT2D eigenvalue weighted by molar-refractivity contribution is 7.89. The average molecular weight is 457 g/mol. The van der Waals surface area contributed by atoms with Crippen LogP contribution in [0.5, 0.6) is 0 Å². The molecule has 0 radical (unpaired) electrons. The molecule has 0 unspecified atom stereocenters. The van der Waals surface area contributed by atoms with Crippen molar-refractivity contribution in [1.82, 2.24) is 4.31 Å². The summed E-state index contributed by atoms with van der Waals surface area (Å²) in [5.74, 6) is 0.873. The molecule has 1 amide bonds. The van der Waals surface area contributed by atoms with E-state index in [2.05, 4.69) is 5.32 Å². The Kier molecular flexibility index (Phi) is 5.75.